The first-order chi connectivity index (χ1) is 6.83. The molecule has 0 aliphatic carbocycles. The highest BCUT2D eigenvalue weighted by Crippen LogP contribution is 2.36. The number of rotatable bonds is 2. The molecule has 0 saturated carbocycles. The summed E-state index contributed by atoms with van der Waals surface area (Å²) in [5, 5.41) is 0. The van der Waals surface area contributed by atoms with E-state index in [1.807, 2.05) is 0 Å². The van der Waals surface area contributed by atoms with E-state index >= 15 is 0 Å². The van der Waals surface area contributed by atoms with Gasteiger partial charge in [-0.15, -0.1) is 12.4 Å². The summed E-state index contributed by atoms with van der Waals surface area (Å²) in [5.41, 5.74) is 6.28. The van der Waals surface area contributed by atoms with Crippen LogP contribution in [0.2, 0.25) is 0 Å². The molecule has 0 fully saturated rings. The predicted octanol–water partition coefficient (Wildman–Crippen LogP) is 1.85. The van der Waals surface area contributed by atoms with Crippen LogP contribution in [0.15, 0.2) is 18.2 Å². The molecule has 1 aromatic rings. The van der Waals surface area contributed by atoms with Crippen LogP contribution in [0.1, 0.15) is 11.6 Å². The Morgan fingerprint density at radius 1 is 1.33 bits per heavy atom. The lowest BCUT2D eigenvalue weighted by atomic mass is 10.1. The van der Waals surface area contributed by atoms with Crippen molar-refractivity contribution in [1.82, 2.24) is 0 Å². The van der Waals surface area contributed by atoms with Crippen molar-refractivity contribution in [2.75, 3.05) is 19.9 Å². The van der Waals surface area contributed by atoms with Crippen LogP contribution in [0.4, 0.5) is 4.39 Å². The second kappa shape index (κ2) is 5.19. The summed E-state index contributed by atoms with van der Waals surface area (Å²) in [6.07, 6.45) is 0. The van der Waals surface area contributed by atoms with Gasteiger partial charge in [-0.3, -0.25) is 0 Å². The monoisotopic (exact) mass is 233 g/mol. The molecule has 1 atom stereocenters. The van der Waals surface area contributed by atoms with Gasteiger partial charge in [0.15, 0.2) is 11.5 Å². The average molecular weight is 234 g/mol. The van der Waals surface area contributed by atoms with E-state index in [9.17, 15) is 4.39 Å². The molecule has 0 unspecified atom stereocenters. The fraction of sp³-hybridized carbons (Fsp3) is 0.400. The Kier molecular flexibility index (Phi) is 4.17. The maximum atomic E-state index is 12.4. The molecule has 0 saturated heterocycles. The number of alkyl halides is 1. The fourth-order valence-corrected chi connectivity index (χ4v) is 1.47. The third-order valence-corrected chi connectivity index (χ3v) is 2.16. The second-order valence-electron chi connectivity index (χ2n) is 3.13. The van der Waals surface area contributed by atoms with Crippen molar-refractivity contribution in [2.24, 2.45) is 5.73 Å². The Morgan fingerprint density at radius 3 is 2.80 bits per heavy atom. The van der Waals surface area contributed by atoms with Crippen molar-refractivity contribution in [2.45, 2.75) is 6.04 Å². The quantitative estimate of drug-likeness (QED) is 0.848. The van der Waals surface area contributed by atoms with Gasteiger partial charge >= 0.3 is 0 Å². The van der Waals surface area contributed by atoms with E-state index in [4.69, 9.17) is 15.2 Å². The van der Waals surface area contributed by atoms with Crippen molar-refractivity contribution in [3.05, 3.63) is 23.8 Å². The van der Waals surface area contributed by atoms with Gasteiger partial charge in [0.2, 0.25) is 0 Å². The van der Waals surface area contributed by atoms with Crippen LogP contribution in [0.3, 0.4) is 0 Å². The molecule has 0 aromatic heterocycles. The molecule has 1 aliphatic heterocycles. The number of fused-ring (bicyclic) bond motifs is 1. The summed E-state index contributed by atoms with van der Waals surface area (Å²) in [6, 6.07) is 4.71. The van der Waals surface area contributed by atoms with Gasteiger partial charge in [0, 0.05) is 5.56 Å². The first-order valence-corrected chi connectivity index (χ1v) is 4.53. The molecule has 0 radical (unpaired) electrons. The van der Waals surface area contributed by atoms with Gasteiger partial charge in [0.05, 0.1) is 6.04 Å². The molecule has 5 heteroatoms. The summed E-state index contributed by atoms with van der Waals surface area (Å²) in [5.74, 6) is 1.24. The van der Waals surface area contributed by atoms with Crippen molar-refractivity contribution >= 4 is 12.4 Å². The van der Waals surface area contributed by atoms with Gasteiger partial charge in [-0.2, -0.15) is 0 Å². The van der Waals surface area contributed by atoms with E-state index in [-0.39, 0.29) is 12.4 Å². The number of hydrogen-bond donors (Lipinski definition) is 1. The van der Waals surface area contributed by atoms with E-state index in [0.29, 0.717) is 30.3 Å². The Hall–Kier alpha value is -1.00. The number of hydrogen-bond acceptors (Lipinski definition) is 3. The largest absolute Gasteiger partial charge is 0.486 e. The topological polar surface area (TPSA) is 44.5 Å². The lowest BCUT2D eigenvalue weighted by Crippen LogP contribution is -2.20. The molecule has 0 amide bonds. The third kappa shape index (κ3) is 2.33. The van der Waals surface area contributed by atoms with Gasteiger partial charge in [0.1, 0.15) is 19.9 Å². The van der Waals surface area contributed by atoms with E-state index in [1.54, 1.807) is 18.2 Å². The minimum atomic E-state index is -0.633. The summed E-state index contributed by atoms with van der Waals surface area (Å²) in [4.78, 5) is 0. The first-order valence-electron chi connectivity index (χ1n) is 4.53. The first kappa shape index (κ1) is 12.1. The molecule has 2 N–H and O–H groups in total. The number of benzene rings is 1. The second-order valence-corrected chi connectivity index (χ2v) is 3.13. The van der Waals surface area contributed by atoms with Gasteiger partial charge in [-0.25, -0.2) is 4.39 Å². The van der Waals surface area contributed by atoms with Crippen LogP contribution in [0, 0.1) is 0 Å². The number of halogens is 2. The van der Waals surface area contributed by atoms with Gasteiger partial charge in [-0.1, -0.05) is 12.1 Å². The molecule has 1 aromatic carbocycles. The normalized spacial score (nSPS) is 15.3. The maximum Gasteiger partial charge on any atom is 0.166 e. The molecule has 0 bridgehead atoms. The van der Waals surface area contributed by atoms with E-state index in [1.165, 1.54) is 0 Å². The zero-order chi connectivity index (χ0) is 9.97. The highest BCUT2D eigenvalue weighted by Gasteiger charge is 2.19. The number of nitrogens with two attached hydrogens (primary N) is 1. The molecule has 3 nitrogen and oxygen atoms in total. The van der Waals surface area contributed by atoms with Crippen molar-refractivity contribution < 1.29 is 13.9 Å². The molecule has 1 aliphatic rings. The number of ether oxygens (including phenoxy) is 2. The molecular weight excluding hydrogens is 221 g/mol. The Bertz CT molecular complexity index is 335. The van der Waals surface area contributed by atoms with Gasteiger partial charge in [-0.05, 0) is 6.07 Å². The van der Waals surface area contributed by atoms with Crippen LogP contribution in [-0.2, 0) is 0 Å². The van der Waals surface area contributed by atoms with Crippen molar-refractivity contribution in [3.8, 4) is 11.5 Å². The highest BCUT2D eigenvalue weighted by atomic mass is 35.5. The zero-order valence-electron chi connectivity index (χ0n) is 8.11. The van der Waals surface area contributed by atoms with E-state index < -0.39 is 12.7 Å². The van der Waals surface area contributed by atoms with E-state index in [0.717, 1.165) is 0 Å². The van der Waals surface area contributed by atoms with Crippen molar-refractivity contribution in [3.63, 3.8) is 0 Å². The zero-order valence-corrected chi connectivity index (χ0v) is 8.93. The van der Waals surface area contributed by atoms with Crippen molar-refractivity contribution in [1.29, 1.82) is 0 Å². The third-order valence-electron chi connectivity index (χ3n) is 2.16. The van der Waals surface area contributed by atoms with Crippen LogP contribution >= 0.6 is 12.4 Å². The maximum absolute atomic E-state index is 12.4. The molecule has 1 heterocycles. The van der Waals surface area contributed by atoms with Gasteiger partial charge < -0.3 is 15.2 Å². The summed E-state index contributed by atoms with van der Waals surface area (Å²) >= 11 is 0. The average Bonchev–Trinajstić information content (AvgIpc) is 2.27. The Morgan fingerprint density at radius 2 is 2.07 bits per heavy atom. The van der Waals surface area contributed by atoms with Crippen LogP contribution in [-0.4, -0.2) is 19.9 Å². The van der Waals surface area contributed by atoms with Crippen LogP contribution in [0.25, 0.3) is 0 Å². The minimum Gasteiger partial charge on any atom is -0.486 e. The van der Waals surface area contributed by atoms with Crippen LogP contribution in [0.5, 0.6) is 11.5 Å². The Balaban J connectivity index is 0.00000112. The molecule has 84 valence electrons. The van der Waals surface area contributed by atoms with Gasteiger partial charge in [0.25, 0.3) is 0 Å². The summed E-state index contributed by atoms with van der Waals surface area (Å²) < 4.78 is 23.2. The standard InChI is InChI=1S/C10H12FNO2.ClH/c11-6-8(12)7-2-1-3-9-10(7)14-5-4-13-9;/h1-3,8H,4-6,12H2;1H/t8-;/m1./s1. The molecule has 2 rings (SSSR count). The highest BCUT2D eigenvalue weighted by molar-refractivity contribution is 5.85. The predicted molar refractivity (Wildman–Crippen MR) is 57.6 cm³/mol. The minimum absolute atomic E-state index is 0. The number of para-hydroxylation sites is 1. The Labute approximate surface area is 93.8 Å². The lowest BCUT2D eigenvalue weighted by Gasteiger charge is -2.22. The van der Waals surface area contributed by atoms with Crippen LogP contribution < -0.4 is 15.2 Å². The fourth-order valence-electron chi connectivity index (χ4n) is 1.47. The molecule has 15 heavy (non-hydrogen) atoms. The lowest BCUT2D eigenvalue weighted by molar-refractivity contribution is 0.168. The smallest absolute Gasteiger partial charge is 0.166 e. The summed E-state index contributed by atoms with van der Waals surface area (Å²) in [7, 11) is 0. The summed E-state index contributed by atoms with van der Waals surface area (Å²) in [6.45, 7) is 0.421. The SMILES string of the molecule is Cl.N[C@H](CF)c1cccc2c1OCCO2. The molecular formula is C10H13ClFNO2. The molecule has 0 spiro atoms. The van der Waals surface area contributed by atoms with E-state index in [2.05, 4.69) is 0 Å².